The lowest BCUT2D eigenvalue weighted by molar-refractivity contribution is -0.116. The Kier molecular flexibility index (Phi) is 14.7. The van der Waals surface area contributed by atoms with E-state index in [9.17, 15) is 4.79 Å². The molecule has 1 rings (SSSR count). The van der Waals surface area contributed by atoms with Crippen LogP contribution in [0.2, 0.25) is 0 Å². The van der Waals surface area contributed by atoms with Crippen LogP contribution < -0.4 is 11.1 Å². The lowest BCUT2D eigenvalue weighted by Gasteiger charge is -1.97. The largest absolute Gasteiger partial charge is 0.412 e. The first-order valence-electron chi connectivity index (χ1n) is 3.22. The van der Waals surface area contributed by atoms with Crippen LogP contribution in [-0.2, 0) is 4.79 Å². The highest BCUT2D eigenvalue weighted by Crippen LogP contribution is 2.09. The van der Waals surface area contributed by atoms with Gasteiger partial charge in [-0.25, -0.2) is 4.98 Å². The number of hydrogen-bond donors (Lipinski definition) is 2. The first-order valence-corrected chi connectivity index (χ1v) is 4.10. The normalized spacial score (nSPS) is 7.50. The van der Waals surface area contributed by atoms with Gasteiger partial charge in [-0.05, 0) is 0 Å². The minimum atomic E-state index is -0.0811. The average molecular weight is 262 g/mol. The highest BCUT2D eigenvalue weighted by molar-refractivity contribution is 7.13. The molecule has 0 aliphatic carbocycles. The van der Waals surface area contributed by atoms with Gasteiger partial charge in [-0.2, -0.15) is 0 Å². The van der Waals surface area contributed by atoms with Crippen molar-refractivity contribution in [3.8, 4) is 0 Å². The molecule has 5 nitrogen and oxygen atoms in total. The predicted molar refractivity (Wildman–Crippen MR) is 62.5 cm³/mol. The molecule has 8 heteroatoms. The molecule has 1 amide bonds. The van der Waals surface area contributed by atoms with E-state index in [1.165, 1.54) is 11.3 Å². The second-order valence-electron chi connectivity index (χ2n) is 1.92. The second-order valence-corrected chi connectivity index (χ2v) is 2.82. The fraction of sp³-hybridized carbons (Fsp3) is 0.333. The van der Waals surface area contributed by atoms with Crippen molar-refractivity contribution in [1.82, 2.24) is 4.98 Å². The highest BCUT2D eigenvalue weighted by Gasteiger charge is 2.00. The fourth-order valence-corrected chi connectivity index (χ4v) is 1.14. The van der Waals surface area contributed by atoms with Crippen molar-refractivity contribution in [2.24, 2.45) is 5.73 Å². The van der Waals surface area contributed by atoms with Gasteiger partial charge in [0.05, 0.1) is 0 Å². The Morgan fingerprint density at radius 1 is 1.57 bits per heavy atom. The molecule has 0 aromatic carbocycles. The molecule has 0 spiro atoms. The van der Waals surface area contributed by atoms with Crippen molar-refractivity contribution in [3.63, 3.8) is 0 Å². The summed E-state index contributed by atoms with van der Waals surface area (Å²) < 4.78 is 0. The standard InChI is InChI=1S/C6H9N3OS.2ClH.H2O/c7-2-1-5(10)9-6-8-3-4-11-6;;;/h3-4H,1-2,7H2,(H,8,9,10);2*1H;1H2. The van der Waals surface area contributed by atoms with Gasteiger partial charge in [0, 0.05) is 24.5 Å². The molecule has 0 aliphatic heterocycles. The summed E-state index contributed by atoms with van der Waals surface area (Å²) in [5.41, 5.74) is 5.18. The maximum atomic E-state index is 10.9. The zero-order valence-corrected chi connectivity index (χ0v) is 9.68. The molecule has 84 valence electrons. The first kappa shape index (κ1) is 19.2. The third-order valence-electron chi connectivity index (χ3n) is 1.05. The second kappa shape index (κ2) is 10.7. The number of carbonyl (C=O) groups excluding carboxylic acids is 1. The van der Waals surface area contributed by atoms with Gasteiger partial charge in [0.1, 0.15) is 0 Å². The number of rotatable bonds is 3. The van der Waals surface area contributed by atoms with Crippen molar-refractivity contribution >= 4 is 47.2 Å². The summed E-state index contributed by atoms with van der Waals surface area (Å²) in [6, 6.07) is 0. The van der Waals surface area contributed by atoms with Gasteiger partial charge >= 0.3 is 0 Å². The highest BCUT2D eigenvalue weighted by atomic mass is 35.5. The van der Waals surface area contributed by atoms with Gasteiger partial charge < -0.3 is 16.5 Å². The Morgan fingerprint density at radius 2 is 2.21 bits per heavy atom. The topological polar surface area (TPSA) is 99.5 Å². The van der Waals surface area contributed by atoms with Crippen molar-refractivity contribution < 1.29 is 10.3 Å². The van der Waals surface area contributed by atoms with Crippen LogP contribution in [0.4, 0.5) is 5.13 Å². The molecule has 0 radical (unpaired) electrons. The Bertz CT molecular complexity index is 233. The molecule has 5 N–H and O–H groups in total. The molecule has 0 atom stereocenters. The van der Waals surface area contributed by atoms with Crippen LogP contribution in [0.25, 0.3) is 0 Å². The van der Waals surface area contributed by atoms with E-state index in [1.807, 2.05) is 0 Å². The van der Waals surface area contributed by atoms with Gasteiger partial charge in [0.25, 0.3) is 0 Å². The number of carbonyl (C=O) groups is 1. The van der Waals surface area contributed by atoms with E-state index in [0.717, 1.165) is 0 Å². The van der Waals surface area contributed by atoms with E-state index in [2.05, 4.69) is 10.3 Å². The van der Waals surface area contributed by atoms with Crippen LogP contribution >= 0.6 is 36.2 Å². The Morgan fingerprint density at radius 3 is 2.64 bits per heavy atom. The molecule has 0 aliphatic rings. The first-order chi connectivity index (χ1) is 5.33. The number of halogens is 2. The molecule has 1 aromatic heterocycles. The predicted octanol–water partition coefficient (Wildman–Crippen LogP) is 0.449. The monoisotopic (exact) mass is 261 g/mol. The van der Waals surface area contributed by atoms with Crippen LogP contribution in [0.15, 0.2) is 11.6 Å². The maximum Gasteiger partial charge on any atom is 0.227 e. The number of aromatic nitrogens is 1. The fourth-order valence-electron chi connectivity index (χ4n) is 0.598. The van der Waals surface area contributed by atoms with Crippen LogP contribution in [0.5, 0.6) is 0 Å². The number of anilines is 1. The molecule has 0 unspecified atom stereocenters. The third-order valence-corrected chi connectivity index (χ3v) is 1.74. The summed E-state index contributed by atoms with van der Waals surface area (Å²) >= 11 is 1.39. The van der Waals surface area contributed by atoms with Gasteiger partial charge in [-0.1, -0.05) is 0 Å². The number of amides is 1. The van der Waals surface area contributed by atoms with Crippen molar-refractivity contribution in [3.05, 3.63) is 11.6 Å². The molecule has 1 heterocycles. The van der Waals surface area contributed by atoms with Gasteiger partial charge in [-0.15, -0.1) is 36.2 Å². The zero-order chi connectivity index (χ0) is 8.10. The van der Waals surface area contributed by atoms with E-state index < -0.39 is 0 Å². The van der Waals surface area contributed by atoms with E-state index >= 15 is 0 Å². The summed E-state index contributed by atoms with van der Waals surface area (Å²) in [6.07, 6.45) is 1.99. The average Bonchev–Trinajstić information content (AvgIpc) is 2.40. The quantitative estimate of drug-likeness (QED) is 0.827. The summed E-state index contributed by atoms with van der Waals surface area (Å²) in [5, 5.41) is 5.04. The van der Waals surface area contributed by atoms with Crippen LogP contribution in [-0.4, -0.2) is 22.9 Å². The molecular weight excluding hydrogens is 249 g/mol. The Hall–Kier alpha value is -0.400. The SMILES string of the molecule is Cl.Cl.NCCC(=O)Nc1nccs1.O. The van der Waals surface area contributed by atoms with Crippen LogP contribution in [0.1, 0.15) is 6.42 Å². The summed E-state index contributed by atoms with van der Waals surface area (Å²) in [4.78, 5) is 14.8. The van der Waals surface area contributed by atoms with Crippen LogP contribution in [0.3, 0.4) is 0 Å². The van der Waals surface area contributed by atoms with Gasteiger partial charge in [0.15, 0.2) is 5.13 Å². The zero-order valence-electron chi connectivity index (χ0n) is 7.23. The van der Waals surface area contributed by atoms with Gasteiger partial charge in [-0.3, -0.25) is 4.79 Å². The van der Waals surface area contributed by atoms with E-state index in [4.69, 9.17) is 5.73 Å². The molecule has 14 heavy (non-hydrogen) atoms. The molecule has 1 aromatic rings. The lowest BCUT2D eigenvalue weighted by Crippen LogP contribution is -2.15. The smallest absolute Gasteiger partial charge is 0.227 e. The minimum absolute atomic E-state index is 0. The number of hydrogen-bond acceptors (Lipinski definition) is 4. The molecule has 0 fully saturated rings. The minimum Gasteiger partial charge on any atom is -0.412 e. The Balaban J connectivity index is -0.000000403. The summed E-state index contributed by atoms with van der Waals surface area (Å²) in [5.74, 6) is -0.0811. The summed E-state index contributed by atoms with van der Waals surface area (Å²) in [6.45, 7) is 0.372. The van der Waals surface area contributed by atoms with E-state index in [1.54, 1.807) is 11.6 Å². The molecular formula is C6H13Cl2N3O2S. The van der Waals surface area contributed by atoms with Crippen molar-refractivity contribution in [1.29, 1.82) is 0 Å². The Labute approximate surface area is 98.2 Å². The van der Waals surface area contributed by atoms with Crippen molar-refractivity contribution in [2.45, 2.75) is 6.42 Å². The lowest BCUT2D eigenvalue weighted by atomic mass is 10.4. The van der Waals surface area contributed by atoms with E-state index in [0.29, 0.717) is 18.1 Å². The number of nitrogens with one attached hydrogen (secondary N) is 1. The molecule has 0 saturated carbocycles. The number of nitrogens with zero attached hydrogens (tertiary/aromatic N) is 1. The maximum absolute atomic E-state index is 10.9. The third kappa shape index (κ3) is 7.05. The van der Waals surface area contributed by atoms with Gasteiger partial charge in [0.2, 0.25) is 5.91 Å². The molecule has 0 bridgehead atoms. The number of nitrogens with two attached hydrogens (primary N) is 1. The number of thiazole rings is 1. The van der Waals surface area contributed by atoms with E-state index in [-0.39, 0.29) is 36.2 Å². The molecule has 0 saturated heterocycles. The van der Waals surface area contributed by atoms with Crippen LogP contribution in [0, 0.1) is 0 Å². The summed E-state index contributed by atoms with van der Waals surface area (Å²) in [7, 11) is 0. The van der Waals surface area contributed by atoms with Crippen molar-refractivity contribution in [2.75, 3.05) is 11.9 Å².